The van der Waals surface area contributed by atoms with Gasteiger partial charge in [0.05, 0.1) is 0 Å². The average Bonchev–Trinajstić information content (AvgIpc) is 2.22. The minimum atomic E-state index is 0.389. The monoisotopic (exact) mass is 209 g/mol. The van der Waals surface area contributed by atoms with E-state index in [1.807, 2.05) is 18.2 Å². The first kappa shape index (κ1) is 16.1. The zero-order valence-electron chi connectivity index (χ0n) is 9.86. The lowest BCUT2D eigenvalue weighted by Gasteiger charge is -1.87. The molecular formula is C12H19NO2. The molecule has 84 valence electrons. The van der Waals surface area contributed by atoms with Gasteiger partial charge in [-0.25, -0.2) is 6.57 Å². The SMILES string of the molecule is COCOC.Cc1ccccc1.[C-]#[N+]C. The molecule has 0 aliphatic heterocycles. The van der Waals surface area contributed by atoms with Gasteiger partial charge in [-0.1, -0.05) is 35.9 Å². The van der Waals surface area contributed by atoms with E-state index >= 15 is 0 Å². The molecule has 0 saturated heterocycles. The van der Waals surface area contributed by atoms with E-state index < -0.39 is 0 Å². The first-order valence-corrected chi connectivity index (χ1v) is 4.48. The molecule has 0 aliphatic carbocycles. The van der Waals surface area contributed by atoms with Crippen LogP contribution in [0.3, 0.4) is 0 Å². The van der Waals surface area contributed by atoms with E-state index in [0.29, 0.717) is 6.79 Å². The van der Waals surface area contributed by atoms with Crippen molar-refractivity contribution < 1.29 is 9.47 Å². The minimum absolute atomic E-state index is 0.389. The Kier molecular flexibility index (Phi) is 16.2. The zero-order valence-corrected chi connectivity index (χ0v) is 9.86. The number of methoxy groups -OCH3 is 2. The van der Waals surface area contributed by atoms with Crippen molar-refractivity contribution in [1.29, 1.82) is 0 Å². The van der Waals surface area contributed by atoms with Crippen molar-refractivity contribution in [2.45, 2.75) is 6.92 Å². The third kappa shape index (κ3) is 19.2. The van der Waals surface area contributed by atoms with Gasteiger partial charge in [0.2, 0.25) is 7.05 Å². The van der Waals surface area contributed by atoms with E-state index in [9.17, 15) is 0 Å². The molecule has 0 heterocycles. The Balaban J connectivity index is 0. The third-order valence-corrected chi connectivity index (χ3v) is 1.18. The summed E-state index contributed by atoms with van der Waals surface area (Å²) >= 11 is 0. The molecule has 0 aliphatic rings. The van der Waals surface area contributed by atoms with Crippen molar-refractivity contribution in [3.8, 4) is 0 Å². The van der Waals surface area contributed by atoms with Crippen molar-refractivity contribution in [1.82, 2.24) is 0 Å². The summed E-state index contributed by atoms with van der Waals surface area (Å²) in [5.74, 6) is 0. The number of hydrogen-bond acceptors (Lipinski definition) is 2. The fourth-order valence-electron chi connectivity index (χ4n) is 0.652. The molecule has 0 unspecified atom stereocenters. The Morgan fingerprint density at radius 1 is 1.13 bits per heavy atom. The van der Waals surface area contributed by atoms with Gasteiger partial charge in [-0.2, -0.15) is 0 Å². The highest BCUT2D eigenvalue weighted by Crippen LogP contribution is 1.92. The van der Waals surface area contributed by atoms with Gasteiger partial charge in [0.15, 0.2) is 0 Å². The standard InChI is InChI=1S/C7H8.C3H8O2.C2H3N/c1-7-5-3-2-4-6-7;1-4-3-5-2;1-3-2/h2-6H,1H3;3H2,1-2H3;1H3. The number of hydrogen-bond donors (Lipinski definition) is 0. The Labute approximate surface area is 92.5 Å². The molecule has 0 amide bonds. The number of benzene rings is 1. The van der Waals surface area contributed by atoms with Gasteiger partial charge >= 0.3 is 0 Å². The molecule has 3 nitrogen and oxygen atoms in total. The molecule has 0 radical (unpaired) electrons. The van der Waals surface area contributed by atoms with Gasteiger partial charge in [-0.05, 0) is 6.92 Å². The summed E-state index contributed by atoms with van der Waals surface area (Å²) in [6, 6.07) is 10.3. The zero-order chi connectivity index (χ0) is 11.9. The third-order valence-electron chi connectivity index (χ3n) is 1.18. The average molecular weight is 209 g/mol. The van der Waals surface area contributed by atoms with E-state index in [1.54, 1.807) is 14.2 Å². The number of ether oxygens (including phenoxy) is 2. The van der Waals surface area contributed by atoms with E-state index in [1.165, 1.54) is 12.6 Å². The van der Waals surface area contributed by atoms with E-state index in [4.69, 9.17) is 6.57 Å². The highest BCUT2D eigenvalue weighted by atomic mass is 16.6. The van der Waals surface area contributed by atoms with E-state index in [2.05, 4.69) is 33.4 Å². The second-order valence-corrected chi connectivity index (χ2v) is 2.57. The van der Waals surface area contributed by atoms with Crippen LogP contribution in [0, 0.1) is 13.5 Å². The Hall–Kier alpha value is -1.37. The molecule has 0 saturated carbocycles. The highest BCUT2D eigenvalue weighted by molar-refractivity contribution is 5.11. The van der Waals surface area contributed by atoms with E-state index in [-0.39, 0.29) is 0 Å². The number of aryl methyl sites for hydroxylation is 1. The lowest BCUT2D eigenvalue weighted by Crippen LogP contribution is -1.87. The fraction of sp³-hybridized carbons (Fsp3) is 0.417. The Morgan fingerprint density at radius 2 is 1.53 bits per heavy atom. The fourth-order valence-corrected chi connectivity index (χ4v) is 0.652. The Morgan fingerprint density at radius 3 is 1.67 bits per heavy atom. The lowest BCUT2D eigenvalue weighted by molar-refractivity contribution is -0.00271. The molecule has 1 rings (SSSR count). The van der Waals surface area contributed by atoms with Crippen LogP contribution in [0.25, 0.3) is 4.85 Å². The van der Waals surface area contributed by atoms with Gasteiger partial charge in [0, 0.05) is 14.2 Å². The number of rotatable bonds is 2. The van der Waals surface area contributed by atoms with Crippen molar-refractivity contribution in [2.75, 3.05) is 28.1 Å². The smallest absolute Gasteiger partial charge is 0.205 e. The molecule has 1 aromatic carbocycles. The van der Waals surface area contributed by atoms with Crippen LogP contribution in [0.4, 0.5) is 0 Å². The summed E-state index contributed by atoms with van der Waals surface area (Å²) in [6.45, 7) is 8.31. The second-order valence-electron chi connectivity index (χ2n) is 2.57. The van der Waals surface area contributed by atoms with Crippen molar-refractivity contribution in [3.05, 3.63) is 47.3 Å². The van der Waals surface area contributed by atoms with Gasteiger partial charge in [0.25, 0.3) is 0 Å². The molecular weight excluding hydrogens is 190 g/mol. The predicted molar refractivity (Wildman–Crippen MR) is 62.6 cm³/mol. The summed E-state index contributed by atoms with van der Waals surface area (Å²) in [6.07, 6.45) is 0. The molecule has 0 aromatic heterocycles. The molecule has 3 heteroatoms. The van der Waals surface area contributed by atoms with Crippen LogP contribution in [0.1, 0.15) is 5.56 Å². The van der Waals surface area contributed by atoms with Crippen LogP contribution >= 0.6 is 0 Å². The van der Waals surface area contributed by atoms with Gasteiger partial charge in [0.1, 0.15) is 6.79 Å². The Bertz CT molecular complexity index is 240. The molecule has 0 N–H and O–H groups in total. The summed E-state index contributed by atoms with van der Waals surface area (Å²) in [7, 11) is 4.59. The molecule has 1 aromatic rings. The molecule has 0 spiro atoms. The molecule has 0 atom stereocenters. The van der Waals surface area contributed by atoms with Crippen molar-refractivity contribution in [3.63, 3.8) is 0 Å². The predicted octanol–water partition coefficient (Wildman–Crippen LogP) is 2.77. The van der Waals surface area contributed by atoms with Gasteiger partial charge in [-0.3, -0.25) is 0 Å². The van der Waals surface area contributed by atoms with Crippen LogP contribution in [0.5, 0.6) is 0 Å². The van der Waals surface area contributed by atoms with Crippen LogP contribution in [-0.4, -0.2) is 28.1 Å². The van der Waals surface area contributed by atoms with Crippen LogP contribution in [-0.2, 0) is 9.47 Å². The maximum absolute atomic E-state index is 5.83. The van der Waals surface area contributed by atoms with Crippen molar-refractivity contribution in [2.24, 2.45) is 0 Å². The molecule has 0 fully saturated rings. The quantitative estimate of drug-likeness (QED) is 0.552. The summed E-state index contributed by atoms with van der Waals surface area (Å²) in [4.78, 5) is 2.75. The van der Waals surface area contributed by atoms with Crippen LogP contribution in [0.15, 0.2) is 30.3 Å². The van der Waals surface area contributed by atoms with Crippen molar-refractivity contribution >= 4 is 0 Å². The summed E-state index contributed by atoms with van der Waals surface area (Å²) in [5, 5.41) is 0. The normalized spacial score (nSPS) is 7.40. The highest BCUT2D eigenvalue weighted by Gasteiger charge is 1.72. The minimum Gasteiger partial charge on any atom is -0.359 e. The van der Waals surface area contributed by atoms with Crippen LogP contribution in [0.2, 0.25) is 0 Å². The van der Waals surface area contributed by atoms with Gasteiger partial charge in [-0.15, -0.1) is 0 Å². The maximum atomic E-state index is 5.83. The van der Waals surface area contributed by atoms with Gasteiger partial charge < -0.3 is 14.3 Å². The first-order valence-electron chi connectivity index (χ1n) is 4.48. The maximum Gasteiger partial charge on any atom is 0.205 e. The summed E-state index contributed by atoms with van der Waals surface area (Å²) < 4.78 is 8.94. The number of nitrogens with zero attached hydrogens (tertiary/aromatic N) is 1. The molecule has 0 bridgehead atoms. The first-order chi connectivity index (χ1) is 7.22. The topological polar surface area (TPSA) is 22.8 Å². The van der Waals surface area contributed by atoms with E-state index in [0.717, 1.165) is 0 Å². The largest absolute Gasteiger partial charge is 0.359 e. The second kappa shape index (κ2) is 15.1. The van der Waals surface area contributed by atoms with Crippen LogP contribution < -0.4 is 0 Å². The molecule has 15 heavy (non-hydrogen) atoms. The summed E-state index contributed by atoms with van der Waals surface area (Å²) in [5.41, 5.74) is 1.32. The lowest BCUT2D eigenvalue weighted by atomic mass is 10.2.